The fourth-order valence-electron chi connectivity index (χ4n) is 3.13. The SMILES string of the molecule is C=CC[C@@]1(C)[C@@H]2C=C[C@@]1(C)C(=O)CC2. The van der Waals surface area contributed by atoms with Crippen LogP contribution in [0.2, 0.25) is 0 Å². The molecule has 0 aromatic heterocycles. The lowest BCUT2D eigenvalue weighted by Gasteiger charge is -2.46. The van der Waals surface area contributed by atoms with Gasteiger partial charge in [-0.1, -0.05) is 25.2 Å². The summed E-state index contributed by atoms with van der Waals surface area (Å²) < 4.78 is 0. The van der Waals surface area contributed by atoms with Gasteiger partial charge in [0.25, 0.3) is 0 Å². The molecule has 3 atom stereocenters. The molecule has 0 aromatic carbocycles. The van der Waals surface area contributed by atoms with Gasteiger partial charge in [0.2, 0.25) is 0 Å². The van der Waals surface area contributed by atoms with E-state index in [1.54, 1.807) is 0 Å². The fourth-order valence-corrected chi connectivity index (χ4v) is 3.13. The molecule has 0 radical (unpaired) electrons. The second-order valence-corrected chi connectivity index (χ2v) is 5.04. The van der Waals surface area contributed by atoms with E-state index in [-0.39, 0.29) is 10.8 Å². The van der Waals surface area contributed by atoms with Crippen molar-refractivity contribution in [1.29, 1.82) is 0 Å². The Kier molecular flexibility index (Phi) is 1.95. The number of hydrogen-bond acceptors (Lipinski definition) is 1. The molecule has 1 fully saturated rings. The third-order valence-electron chi connectivity index (χ3n) is 4.50. The molecule has 76 valence electrons. The molecule has 1 heteroatoms. The van der Waals surface area contributed by atoms with E-state index in [1.807, 2.05) is 6.08 Å². The van der Waals surface area contributed by atoms with Crippen LogP contribution in [0.3, 0.4) is 0 Å². The first-order valence-corrected chi connectivity index (χ1v) is 5.38. The van der Waals surface area contributed by atoms with Crippen LogP contribution in [-0.2, 0) is 4.79 Å². The third-order valence-corrected chi connectivity index (χ3v) is 4.50. The van der Waals surface area contributed by atoms with Crippen LogP contribution >= 0.6 is 0 Å². The van der Waals surface area contributed by atoms with E-state index in [0.717, 1.165) is 19.3 Å². The highest BCUT2D eigenvalue weighted by Gasteiger charge is 2.56. The number of carbonyl (C=O) groups excluding carboxylic acids is 1. The number of carbonyl (C=O) groups is 1. The Balaban J connectivity index is 2.44. The molecule has 0 amide bonds. The smallest absolute Gasteiger partial charge is 0.143 e. The Hall–Kier alpha value is -0.850. The molecule has 2 aliphatic rings. The summed E-state index contributed by atoms with van der Waals surface area (Å²) in [5.41, 5.74) is -0.145. The molecule has 0 saturated heterocycles. The lowest BCUT2D eigenvalue weighted by molar-refractivity contribution is -0.136. The average molecular weight is 190 g/mol. The molecular formula is C13H18O. The summed E-state index contributed by atoms with van der Waals surface area (Å²) in [7, 11) is 0. The summed E-state index contributed by atoms with van der Waals surface area (Å²) in [6, 6.07) is 0. The summed E-state index contributed by atoms with van der Waals surface area (Å²) in [5, 5.41) is 0. The molecule has 0 unspecified atom stereocenters. The molecule has 2 aliphatic carbocycles. The summed E-state index contributed by atoms with van der Waals surface area (Å²) >= 11 is 0. The highest BCUT2D eigenvalue weighted by molar-refractivity contribution is 5.89. The predicted octanol–water partition coefficient (Wildman–Crippen LogP) is 3.12. The van der Waals surface area contributed by atoms with Crippen molar-refractivity contribution < 1.29 is 4.79 Å². The van der Waals surface area contributed by atoms with Crippen LogP contribution in [0.25, 0.3) is 0 Å². The second-order valence-electron chi connectivity index (χ2n) is 5.04. The predicted molar refractivity (Wildman–Crippen MR) is 57.9 cm³/mol. The van der Waals surface area contributed by atoms with E-state index in [0.29, 0.717) is 11.7 Å². The van der Waals surface area contributed by atoms with Gasteiger partial charge in [0.1, 0.15) is 5.78 Å². The van der Waals surface area contributed by atoms with E-state index in [9.17, 15) is 4.79 Å². The van der Waals surface area contributed by atoms with Crippen LogP contribution in [0.4, 0.5) is 0 Å². The fraction of sp³-hybridized carbons (Fsp3) is 0.615. The molecule has 0 aliphatic heterocycles. The van der Waals surface area contributed by atoms with Crippen LogP contribution in [0.5, 0.6) is 0 Å². The maximum absolute atomic E-state index is 12.0. The van der Waals surface area contributed by atoms with Crippen molar-refractivity contribution in [2.24, 2.45) is 16.7 Å². The van der Waals surface area contributed by atoms with Gasteiger partial charge in [0.05, 0.1) is 5.41 Å². The number of Topliss-reactive ketones (excluding diaryl/α,β-unsaturated/α-hetero) is 1. The summed E-state index contributed by atoms with van der Waals surface area (Å²) in [6.45, 7) is 8.14. The molecule has 1 nitrogen and oxygen atoms in total. The summed E-state index contributed by atoms with van der Waals surface area (Å²) in [6.07, 6.45) is 9.05. The quantitative estimate of drug-likeness (QED) is 0.611. The van der Waals surface area contributed by atoms with Gasteiger partial charge in [-0.05, 0) is 31.1 Å². The van der Waals surface area contributed by atoms with Gasteiger partial charge < -0.3 is 0 Å². The number of fused-ring (bicyclic) bond motifs is 2. The number of ketones is 1. The Morgan fingerprint density at radius 1 is 1.64 bits per heavy atom. The topological polar surface area (TPSA) is 17.1 Å². The second kappa shape index (κ2) is 2.82. The van der Waals surface area contributed by atoms with Crippen molar-refractivity contribution in [3.63, 3.8) is 0 Å². The first kappa shape index (κ1) is 9.70. The van der Waals surface area contributed by atoms with Gasteiger partial charge in [-0.15, -0.1) is 6.58 Å². The largest absolute Gasteiger partial charge is 0.299 e. The third kappa shape index (κ3) is 0.930. The number of allylic oxidation sites excluding steroid dienone is 3. The molecule has 2 bridgehead atoms. The minimum Gasteiger partial charge on any atom is -0.299 e. The first-order valence-electron chi connectivity index (χ1n) is 5.38. The molecule has 1 saturated carbocycles. The molecule has 0 aromatic rings. The van der Waals surface area contributed by atoms with Gasteiger partial charge in [-0.25, -0.2) is 0 Å². The monoisotopic (exact) mass is 190 g/mol. The molecular weight excluding hydrogens is 172 g/mol. The van der Waals surface area contributed by atoms with Gasteiger partial charge in [0.15, 0.2) is 0 Å². The Labute approximate surface area is 85.9 Å². The number of hydrogen-bond donors (Lipinski definition) is 0. The van der Waals surface area contributed by atoms with Crippen LogP contribution in [0, 0.1) is 16.7 Å². The first-order chi connectivity index (χ1) is 6.54. The Bertz CT molecular complexity index is 315. The highest BCUT2D eigenvalue weighted by atomic mass is 16.1. The zero-order chi connectivity index (χ0) is 10.4. The summed E-state index contributed by atoms with van der Waals surface area (Å²) in [5.74, 6) is 0.982. The molecule has 0 heterocycles. The molecule has 0 spiro atoms. The van der Waals surface area contributed by atoms with Gasteiger partial charge in [-0.3, -0.25) is 4.79 Å². The molecule has 0 N–H and O–H groups in total. The van der Waals surface area contributed by atoms with E-state index in [2.05, 4.69) is 32.6 Å². The van der Waals surface area contributed by atoms with Crippen molar-refractivity contribution in [1.82, 2.24) is 0 Å². The zero-order valence-corrected chi connectivity index (χ0v) is 9.05. The Morgan fingerprint density at radius 2 is 2.36 bits per heavy atom. The normalized spacial score (nSPS) is 45.6. The van der Waals surface area contributed by atoms with Crippen LogP contribution in [0.15, 0.2) is 24.8 Å². The lowest BCUT2D eigenvalue weighted by atomic mass is 9.55. The lowest BCUT2D eigenvalue weighted by Crippen LogP contribution is -2.46. The van der Waals surface area contributed by atoms with Crippen molar-refractivity contribution in [2.45, 2.75) is 33.1 Å². The van der Waals surface area contributed by atoms with Crippen LogP contribution in [-0.4, -0.2) is 5.78 Å². The zero-order valence-electron chi connectivity index (χ0n) is 9.05. The minimum absolute atomic E-state index is 0.0874. The van der Waals surface area contributed by atoms with Crippen LogP contribution < -0.4 is 0 Å². The standard InChI is InChI=1S/C13H18O/c1-4-8-12(2)10-5-6-11(14)13(12,3)9-7-10/h4,7,9-10H,1,5-6,8H2,2-3H3/t10-,12-,13-/m0/s1. The van der Waals surface area contributed by atoms with E-state index in [1.165, 1.54) is 0 Å². The van der Waals surface area contributed by atoms with Crippen molar-refractivity contribution in [3.05, 3.63) is 24.8 Å². The van der Waals surface area contributed by atoms with E-state index >= 15 is 0 Å². The Morgan fingerprint density at radius 3 is 3.00 bits per heavy atom. The van der Waals surface area contributed by atoms with Gasteiger partial charge in [0, 0.05) is 6.42 Å². The van der Waals surface area contributed by atoms with Crippen molar-refractivity contribution in [2.75, 3.05) is 0 Å². The molecule has 2 rings (SSSR count). The maximum Gasteiger partial charge on any atom is 0.143 e. The van der Waals surface area contributed by atoms with E-state index < -0.39 is 0 Å². The van der Waals surface area contributed by atoms with Crippen molar-refractivity contribution in [3.8, 4) is 0 Å². The average Bonchev–Trinajstić information content (AvgIpc) is 2.30. The highest BCUT2D eigenvalue weighted by Crippen LogP contribution is 2.59. The van der Waals surface area contributed by atoms with Crippen molar-refractivity contribution >= 4 is 5.78 Å². The molecule has 14 heavy (non-hydrogen) atoms. The van der Waals surface area contributed by atoms with Gasteiger partial charge in [-0.2, -0.15) is 0 Å². The van der Waals surface area contributed by atoms with Crippen LogP contribution in [0.1, 0.15) is 33.1 Å². The maximum atomic E-state index is 12.0. The van der Waals surface area contributed by atoms with E-state index in [4.69, 9.17) is 0 Å². The summed E-state index contributed by atoms with van der Waals surface area (Å²) in [4.78, 5) is 12.0. The minimum atomic E-state index is -0.232. The number of rotatable bonds is 2. The van der Waals surface area contributed by atoms with Gasteiger partial charge >= 0.3 is 0 Å².